The zero-order valence-electron chi connectivity index (χ0n) is 16.7. The molecular weight excluding hydrogens is 530 g/mol. The Labute approximate surface area is 198 Å². The Bertz CT molecular complexity index is 957. The third-order valence-electron chi connectivity index (χ3n) is 4.61. The molecule has 0 saturated heterocycles. The summed E-state index contributed by atoms with van der Waals surface area (Å²) in [6.45, 7) is 4.99. The number of rotatable bonds is 7. The molecule has 3 rings (SSSR count). The molecule has 1 heterocycles. The molecule has 1 atom stereocenters. The van der Waals surface area contributed by atoms with E-state index in [1.54, 1.807) is 0 Å². The van der Waals surface area contributed by atoms with Gasteiger partial charge >= 0.3 is 0 Å². The van der Waals surface area contributed by atoms with E-state index in [1.165, 1.54) is 0 Å². The Morgan fingerprint density at radius 1 is 1.20 bits per heavy atom. The van der Waals surface area contributed by atoms with E-state index < -0.39 is 0 Å². The van der Waals surface area contributed by atoms with Gasteiger partial charge < -0.3 is 20.7 Å². The lowest BCUT2D eigenvalue weighted by Crippen LogP contribution is -2.46. The third kappa shape index (κ3) is 5.42. The summed E-state index contributed by atoms with van der Waals surface area (Å²) < 4.78 is 7.45. The fourth-order valence-corrected chi connectivity index (χ4v) is 4.93. The summed E-state index contributed by atoms with van der Waals surface area (Å²) in [5.74, 6) is 0.593. The molecule has 158 valence electrons. The smallest absolute Gasteiger partial charge is 0.251 e. The summed E-state index contributed by atoms with van der Waals surface area (Å²) in [6.07, 6.45) is 0.915. The lowest BCUT2D eigenvalue weighted by molar-refractivity contribution is -0.118. The predicted octanol–water partition coefficient (Wildman–Crippen LogP) is 5.11. The van der Waals surface area contributed by atoms with Crippen LogP contribution >= 0.6 is 44.1 Å². The first kappa shape index (κ1) is 22.8. The molecule has 5 nitrogen and oxygen atoms in total. The Morgan fingerprint density at radius 2 is 1.87 bits per heavy atom. The highest BCUT2D eigenvalue weighted by Gasteiger charge is 2.30. The first-order valence-electron chi connectivity index (χ1n) is 9.62. The van der Waals surface area contributed by atoms with E-state index in [4.69, 9.17) is 17.0 Å². The van der Waals surface area contributed by atoms with Crippen molar-refractivity contribution >= 4 is 55.1 Å². The van der Waals surface area contributed by atoms with Crippen LogP contribution in [0.15, 0.2) is 62.7 Å². The van der Waals surface area contributed by atoms with Gasteiger partial charge in [0.05, 0.1) is 27.2 Å². The van der Waals surface area contributed by atoms with E-state index in [2.05, 4.69) is 54.7 Å². The van der Waals surface area contributed by atoms with Crippen molar-refractivity contribution in [3.8, 4) is 5.75 Å². The zero-order valence-corrected chi connectivity index (χ0v) is 20.7. The van der Waals surface area contributed by atoms with E-state index in [-0.39, 0.29) is 11.9 Å². The van der Waals surface area contributed by atoms with E-state index in [9.17, 15) is 4.79 Å². The van der Waals surface area contributed by atoms with E-state index in [0.29, 0.717) is 23.8 Å². The van der Waals surface area contributed by atoms with Gasteiger partial charge in [-0.1, -0.05) is 37.3 Å². The normalized spacial score (nSPS) is 16.0. The SMILES string of the molecule is CCCOc1c(Br)cc([C@H]2NC(=S)NC(C)=C2C(=O)NCc2ccccc2)cc1Br. The van der Waals surface area contributed by atoms with Gasteiger partial charge in [0.1, 0.15) is 5.75 Å². The fourth-order valence-electron chi connectivity index (χ4n) is 3.21. The molecule has 0 radical (unpaired) electrons. The van der Waals surface area contributed by atoms with Gasteiger partial charge in [-0.2, -0.15) is 0 Å². The van der Waals surface area contributed by atoms with Crippen molar-refractivity contribution in [3.05, 3.63) is 73.8 Å². The quantitative estimate of drug-likeness (QED) is 0.417. The lowest BCUT2D eigenvalue weighted by atomic mass is 9.95. The fraction of sp³-hybridized carbons (Fsp3) is 0.273. The van der Waals surface area contributed by atoms with Crippen LogP contribution < -0.4 is 20.7 Å². The second-order valence-electron chi connectivity index (χ2n) is 6.90. The summed E-state index contributed by atoms with van der Waals surface area (Å²) in [6, 6.07) is 13.3. The highest BCUT2D eigenvalue weighted by Crippen LogP contribution is 2.38. The number of amides is 1. The van der Waals surface area contributed by atoms with Crippen molar-refractivity contribution in [1.82, 2.24) is 16.0 Å². The molecule has 1 aliphatic heterocycles. The molecule has 30 heavy (non-hydrogen) atoms. The van der Waals surface area contributed by atoms with Gasteiger partial charge in [-0.15, -0.1) is 0 Å². The molecule has 1 aliphatic rings. The highest BCUT2D eigenvalue weighted by atomic mass is 79.9. The molecule has 0 aliphatic carbocycles. The van der Waals surface area contributed by atoms with Crippen LogP contribution in [-0.2, 0) is 11.3 Å². The number of thiocarbonyl (C=S) groups is 1. The molecular formula is C22H23Br2N3O2S. The number of hydrogen-bond acceptors (Lipinski definition) is 3. The molecule has 1 amide bonds. The topological polar surface area (TPSA) is 62.4 Å². The third-order valence-corrected chi connectivity index (χ3v) is 6.01. The number of allylic oxidation sites excluding steroid dienone is 1. The minimum Gasteiger partial charge on any atom is -0.491 e. The van der Waals surface area contributed by atoms with Crippen LogP contribution in [0.4, 0.5) is 0 Å². The van der Waals surface area contributed by atoms with Gasteiger partial charge in [0.2, 0.25) is 0 Å². The first-order valence-corrected chi connectivity index (χ1v) is 11.6. The van der Waals surface area contributed by atoms with Crippen molar-refractivity contribution in [2.75, 3.05) is 6.61 Å². The molecule has 0 saturated carbocycles. The number of benzene rings is 2. The van der Waals surface area contributed by atoms with Crippen molar-refractivity contribution in [2.24, 2.45) is 0 Å². The number of hydrogen-bond donors (Lipinski definition) is 3. The van der Waals surface area contributed by atoms with Crippen LogP contribution in [-0.4, -0.2) is 17.6 Å². The van der Waals surface area contributed by atoms with Crippen molar-refractivity contribution in [2.45, 2.75) is 32.9 Å². The average Bonchev–Trinajstić information content (AvgIpc) is 2.71. The van der Waals surface area contributed by atoms with Gasteiger partial charge in [-0.25, -0.2) is 0 Å². The van der Waals surface area contributed by atoms with Crippen LogP contribution in [0.5, 0.6) is 5.75 Å². The van der Waals surface area contributed by atoms with E-state index >= 15 is 0 Å². The molecule has 0 fully saturated rings. The Morgan fingerprint density at radius 3 is 2.50 bits per heavy atom. The van der Waals surface area contributed by atoms with Gasteiger partial charge in [-0.05, 0) is 80.7 Å². The van der Waals surface area contributed by atoms with Gasteiger partial charge in [0.25, 0.3) is 5.91 Å². The van der Waals surface area contributed by atoms with Gasteiger partial charge in [0, 0.05) is 12.2 Å². The molecule has 3 N–H and O–H groups in total. The zero-order chi connectivity index (χ0) is 21.7. The maximum Gasteiger partial charge on any atom is 0.251 e. The molecule has 0 unspecified atom stereocenters. The number of carbonyl (C=O) groups excluding carboxylic acids is 1. The van der Waals surface area contributed by atoms with Crippen molar-refractivity contribution in [3.63, 3.8) is 0 Å². The minimum atomic E-state index is -0.387. The number of carbonyl (C=O) groups is 1. The van der Waals surface area contributed by atoms with Crippen LogP contribution in [0.3, 0.4) is 0 Å². The molecule has 0 aromatic heterocycles. The number of ether oxygens (including phenoxy) is 1. The second-order valence-corrected chi connectivity index (χ2v) is 9.02. The van der Waals surface area contributed by atoms with Crippen molar-refractivity contribution in [1.29, 1.82) is 0 Å². The van der Waals surface area contributed by atoms with E-state index in [0.717, 1.165) is 37.9 Å². The van der Waals surface area contributed by atoms with Crippen molar-refractivity contribution < 1.29 is 9.53 Å². The molecule has 0 spiro atoms. The Hall–Kier alpha value is -1.90. The molecule has 2 aromatic carbocycles. The summed E-state index contributed by atoms with van der Waals surface area (Å²) in [5.41, 5.74) is 3.26. The maximum atomic E-state index is 13.1. The lowest BCUT2D eigenvalue weighted by Gasteiger charge is -2.31. The second kappa shape index (κ2) is 10.4. The Kier molecular flexibility index (Phi) is 7.91. The first-order chi connectivity index (χ1) is 14.4. The van der Waals surface area contributed by atoms with Crippen LogP contribution in [0.2, 0.25) is 0 Å². The number of halogens is 2. The molecule has 2 aromatic rings. The number of nitrogens with one attached hydrogen (secondary N) is 3. The summed E-state index contributed by atoms with van der Waals surface area (Å²) in [4.78, 5) is 13.1. The summed E-state index contributed by atoms with van der Waals surface area (Å²) >= 11 is 12.5. The monoisotopic (exact) mass is 551 g/mol. The predicted molar refractivity (Wildman–Crippen MR) is 130 cm³/mol. The largest absolute Gasteiger partial charge is 0.491 e. The Balaban J connectivity index is 1.89. The van der Waals surface area contributed by atoms with Crippen LogP contribution in [0.25, 0.3) is 0 Å². The standard InChI is InChI=1S/C22H23Br2N3O2S/c1-3-9-29-20-16(23)10-15(11-17(20)24)19-18(13(2)26-22(30)27-19)21(28)25-12-14-7-5-4-6-8-14/h4-8,10-11,19H,3,9,12H2,1-2H3,(H,25,28)(H2,26,27,30)/t19-/m1/s1. The minimum absolute atomic E-state index is 0.151. The molecule has 8 heteroatoms. The highest BCUT2D eigenvalue weighted by molar-refractivity contribution is 9.11. The molecule has 0 bridgehead atoms. The van der Waals surface area contributed by atoms with Gasteiger partial charge in [-0.3, -0.25) is 4.79 Å². The summed E-state index contributed by atoms with van der Waals surface area (Å²) in [7, 11) is 0. The van der Waals surface area contributed by atoms with Gasteiger partial charge in [0.15, 0.2) is 5.11 Å². The average molecular weight is 553 g/mol. The van der Waals surface area contributed by atoms with Crippen LogP contribution in [0, 0.1) is 0 Å². The summed E-state index contributed by atoms with van der Waals surface area (Å²) in [5, 5.41) is 9.79. The maximum absolute atomic E-state index is 13.1. The van der Waals surface area contributed by atoms with Crippen LogP contribution in [0.1, 0.15) is 37.4 Å². The van der Waals surface area contributed by atoms with E-state index in [1.807, 2.05) is 49.4 Å².